The smallest absolute Gasteiger partial charge is 0.140 e. The van der Waals surface area contributed by atoms with Gasteiger partial charge in [-0.3, -0.25) is 4.98 Å². The molecule has 126 valence electrons. The van der Waals surface area contributed by atoms with Crippen LogP contribution in [-0.4, -0.2) is 20.4 Å². The van der Waals surface area contributed by atoms with Crippen LogP contribution in [0.1, 0.15) is 12.6 Å². The highest BCUT2D eigenvalue weighted by atomic mass is 15.0. The first-order valence-electron chi connectivity index (χ1n) is 8.17. The molecule has 2 N–H and O–H groups in total. The van der Waals surface area contributed by atoms with Gasteiger partial charge < -0.3 is 10.3 Å². The van der Waals surface area contributed by atoms with Crippen LogP contribution in [0.25, 0.3) is 11.0 Å². The molecule has 0 aliphatic heterocycles. The Balaban J connectivity index is 1.73. The Morgan fingerprint density at radius 1 is 1.24 bits per heavy atom. The maximum atomic E-state index is 6.13. The molecule has 3 rings (SSSR count). The number of aromatic nitrogens is 3. The van der Waals surface area contributed by atoms with Crippen LogP contribution < -0.4 is 5.73 Å². The van der Waals surface area contributed by atoms with Crippen molar-refractivity contribution in [3.05, 3.63) is 78.4 Å². The molecule has 3 aromatic heterocycles. The number of rotatable bonds is 5. The summed E-state index contributed by atoms with van der Waals surface area (Å²) in [5, 5.41) is 1.13. The molecule has 3 aromatic rings. The van der Waals surface area contributed by atoms with Gasteiger partial charge in [0.05, 0.1) is 11.9 Å². The first kappa shape index (κ1) is 16.6. The number of hydrogen-bond donors (Lipinski definition) is 1. The monoisotopic (exact) mass is 331 g/mol. The Kier molecular flexibility index (Phi) is 5.04. The Hall–Kier alpha value is -3.21. The predicted molar refractivity (Wildman–Crippen MR) is 103 cm³/mol. The van der Waals surface area contributed by atoms with E-state index in [4.69, 9.17) is 5.73 Å². The Morgan fingerprint density at radius 3 is 2.88 bits per heavy atom. The van der Waals surface area contributed by atoms with Crippen molar-refractivity contribution in [1.29, 1.82) is 0 Å². The lowest BCUT2D eigenvalue weighted by atomic mass is 10.2. The SMILES string of the molecule is C/C=C(\C=C/Cn1ccc2cccnc21)C(N)=Nc1ccc(C)nc1. The zero-order chi connectivity index (χ0) is 17.6. The number of pyridine rings is 2. The van der Waals surface area contributed by atoms with Crippen LogP contribution in [0, 0.1) is 6.92 Å². The summed E-state index contributed by atoms with van der Waals surface area (Å²) < 4.78 is 2.09. The lowest BCUT2D eigenvalue weighted by molar-refractivity contribution is 0.850. The lowest BCUT2D eigenvalue weighted by Gasteiger charge is -2.03. The fourth-order valence-corrected chi connectivity index (χ4v) is 2.52. The second kappa shape index (κ2) is 7.57. The molecule has 5 heteroatoms. The average molecular weight is 331 g/mol. The summed E-state index contributed by atoms with van der Waals surface area (Å²) in [7, 11) is 0. The molecule has 25 heavy (non-hydrogen) atoms. The summed E-state index contributed by atoms with van der Waals surface area (Å²) in [5.41, 5.74) is 9.69. The third-order valence-electron chi connectivity index (χ3n) is 3.87. The van der Waals surface area contributed by atoms with Crippen LogP contribution in [-0.2, 0) is 6.54 Å². The molecular weight excluding hydrogens is 310 g/mol. The first-order valence-corrected chi connectivity index (χ1v) is 8.17. The van der Waals surface area contributed by atoms with Crippen molar-refractivity contribution in [1.82, 2.24) is 14.5 Å². The normalized spacial score (nSPS) is 13.0. The standard InChI is InChI=1S/C20H21N5/c1-3-16(19(21)24-18-9-8-15(2)23-14-18)7-5-12-25-13-10-17-6-4-11-22-20(17)25/h3-11,13-14H,12H2,1-2H3,(H2,21,24)/b7-5-,16-3+. The van der Waals surface area contributed by atoms with Gasteiger partial charge in [-0.25, -0.2) is 9.98 Å². The summed E-state index contributed by atoms with van der Waals surface area (Å²) in [6, 6.07) is 9.88. The fraction of sp³-hybridized carbons (Fsp3) is 0.150. The summed E-state index contributed by atoms with van der Waals surface area (Å²) in [4.78, 5) is 13.1. The third-order valence-corrected chi connectivity index (χ3v) is 3.87. The number of nitrogens with two attached hydrogens (primary N) is 1. The largest absolute Gasteiger partial charge is 0.383 e. The summed E-state index contributed by atoms with van der Waals surface area (Å²) in [6.07, 6.45) is 11.5. The maximum absolute atomic E-state index is 6.13. The highest BCUT2D eigenvalue weighted by molar-refractivity contribution is 6.00. The second-order valence-electron chi connectivity index (χ2n) is 5.69. The molecule has 0 aliphatic rings. The van der Waals surface area contributed by atoms with Gasteiger partial charge in [0, 0.05) is 35.6 Å². The first-order chi connectivity index (χ1) is 12.2. The second-order valence-corrected chi connectivity index (χ2v) is 5.69. The fourth-order valence-electron chi connectivity index (χ4n) is 2.52. The molecule has 0 bridgehead atoms. The number of aliphatic imine (C=N–C) groups is 1. The van der Waals surface area contributed by atoms with Gasteiger partial charge in [0.15, 0.2) is 0 Å². The molecule has 5 nitrogen and oxygen atoms in total. The molecule has 0 fully saturated rings. The third kappa shape index (κ3) is 4.01. The number of nitrogens with zero attached hydrogens (tertiary/aromatic N) is 4. The average Bonchev–Trinajstić information content (AvgIpc) is 3.04. The predicted octanol–water partition coefficient (Wildman–Crippen LogP) is 3.93. The van der Waals surface area contributed by atoms with Gasteiger partial charge in [-0.15, -0.1) is 0 Å². The van der Waals surface area contributed by atoms with Gasteiger partial charge in [-0.2, -0.15) is 0 Å². The molecule has 3 heterocycles. The van der Waals surface area contributed by atoms with Crippen molar-refractivity contribution < 1.29 is 0 Å². The van der Waals surface area contributed by atoms with Crippen molar-refractivity contribution in [3.8, 4) is 0 Å². The molecule has 0 aromatic carbocycles. The number of hydrogen-bond acceptors (Lipinski definition) is 3. The Bertz CT molecular complexity index is 946. The summed E-state index contributed by atoms with van der Waals surface area (Å²) in [5.74, 6) is 0.472. The maximum Gasteiger partial charge on any atom is 0.140 e. The molecule has 0 aliphatic carbocycles. The van der Waals surface area contributed by atoms with E-state index in [1.54, 1.807) is 12.4 Å². The van der Waals surface area contributed by atoms with E-state index in [1.807, 2.05) is 50.4 Å². The highest BCUT2D eigenvalue weighted by Crippen LogP contribution is 2.14. The van der Waals surface area contributed by atoms with Gasteiger partial charge in [0.1, 0.15) is 11.5 Å². The molecule has 0 amide bonds. The van der Waals surface area contributed by atoms with E-state index in [-0.39, 0.29) is 0 Å². The van der Waals surface area contributed by atoms with Crippen molar-refractivity contribution in [2.45, 2.75) is 20.4 Å². The van der Waals surface area contributed by atoms with Crippen LogP contribution >= 0.6 is 0 Å². The van der Waals surface area contributed by atoms with Gasteiger partial charge in [-0.1, -0.05) is 18.2 Å². The quantitative estimate of drug-likeness (QED) is 0.437. The molecule has 0 saturated carbocycles. The van der Waals surface area contributed by atoms with E-state index in [1.165, 1.54) is 0 Å². The molecule has 0 spiro atoms. The molecule has 0 saturated heterocycles. The van der Waals surface area contributed by atoms with Gasteiger partial charge in [-0.05, 0) is 44.2 Å². The number of fused-ring (bicyclic) bond motifs is 1. The van der Waals surface area contributed by atoms with Crippen molar-refractivity contribution in [2.24, 2.45) is 10.7 Å². The Labute approximate surface area is 147 Å². The van der Waals surface area contributed by atoms with Crippen LogP contribution in [0.15, 0.2) is 77.7 Å². The van der Waals surface area contributed by atoms with Gasteiger partial charge >= 0.3 is 0 Å². The van der Waals surface area contributed by atoms with E-state index in [0.717, 1.165) is 34.5 Å². The Morgan fingerprint density at radius 2 is 2.12 bits per heavy atom. The molecule has 0 unspecified atom stereocenters. The summed E-state index contributed by atoms with van der Waals surface area (Å²) in [6.45, 7) is 4.61. The lowest BCUT2D eigenvalue weighted by Crippen LogP contribution is -2.13. The minimum atomic E-state index is 0.472. The number of allylic oxidation sites excluding steroid dienone is 2. The van der Waals surface area contributed by atoms with E-state index in [2.05, 4.69) is 37.7 Å². The summed E-state index contributed by atoms with van der Waals surface area (Å²) >= 11 is 0. The molecule has 0 atom stereocenters. The zero-order valence-corrected chi connectivity index (χ0v) is 14.4. The van der Waals surface area contributed by atoms with Crippen LogP contribution in [0.5, 0.6) is 0 Å². The van der Waals surface area contributed by atoms with Crippen LogP contribution in [0.3, 0.4) is 0 Å². The van der Waals surface area contributed by atoms with E-state index < -0.39 is 0 Å². The van der Waals surface area contributed by atoms with Crippen LogP contribution in [0.4, 0.5) is 5.69 Å². The molecular formula is C20H21N5. The van der Waals surface area contributed by atoms with Gasteiger partial charge in [0.2, 0.25) is 0 Å². The molecule has 0 radical (unpaired) electrons. The number of amidine groups is 1. The highest BCUT2D eigenvalue weighted by Gasteiger charge is 2.01. The van der Waals surface area contributed by atoms with Crippen molar-refractivity contribution >= 4 is 22.6 Å². The topological polar surface area (TPSA) is 69.1 Å². The van der Waals surface area contributed by atoms with Crippen molar-refractivity contribution in [3.63, 3.8) is 0 Å². The van der Waals surface area contributed by atoms with Gasteiger partial charge in [0.25, 0.3) is 0 Å². The van der Waals surface area contributed by atoms with E-state index >= 15 is 0 Å². The van der Waals surface area contributed by atoms with Crippen molar-refractivity contribution in [2.75, 3.05) is 0 Å². The minimum absolute atomic E-state index is 0.472. The number of aryl methyl sites for hydroxylation is 1. The minimum Gasteiger partial charge on any atom is -0.383 e. The zero-order valence-electron chi connectivity index (χ0n) is 14.4. The van der Waals surface area contributed by atoms with E-state index in [0.29, 0.717) is 5.84 Å². The van der Waals surface area contributed by atoms with E-state index in [9.17, 15) is 0 Å². The van der Waals surface area contributed by atoms with Crippen LogP contribution in [0.2, 0.25) is 0 Å².